The summed E-state index contributed by atoms with van der Waals surface area (Å²) in [5, 5.41) is 0. The smallest absolute Gasteiger partial charge is 0.409 e. The number of aromatic nitrogens is 1. The number of rotatable bonds is 7. The van der Waals surface area contributed by atoms with Gasteiger partial charge in [-0.3, -0.25) is 14.7 Å². The molecule has 4 rings (SSSR count). The van der Waals surface area contributed by atoms with Crippen molar-refractivity contribution < 1.29 is 23.9 Å². The monoisotopic (exact) mass is 473 g/mol. The maximum Gasteiger partial charge on any atom is 0.409 e. The number of ether oxygens (including phenoxy) is 2. The van der Waals surface area contributed by atoms with Gasteiger partial charge in [-0.25, -0.2) is 9.59 Å². The molecule has 10 nitrogen and oxygen atoms in total. The highest BCUT2D eigenvalue weighted by Gasteiger charge is 2.58. The van der Waals surface area contributed by atoms with Crippen molar-refractivity contribution in [1.29, 1.82) is 0 Å². The standard InChI is InChI=1S/C24H35N5O5/c1-3-34-23(32)27-11-6-20(7-12-27)26-13-8-24(9-14-26)21(30)28(18-19-5-4-10-25-17-19)22(31)29(24)15-16-33-2/h4-5,10,17,20H,3,6-9,11-16,18H2,1-2H3. The van der Waals surface area contributed by atoms with Gasteiger partial charge in [0, 0.05) is 58.3 Å². The summed E-state index contributed by atoms with van der Waals surface area (Å²) in [5.74, 6) is -0.116. The van der Waals surface area contributed by atoms with Crippen molar-refractivity contribution in [3.63, 3.8) is 0 Å². The molecular formula is C24H35N5O5. The largest absolute Gasteiger partial charge is 0.450 e. The lowest BCUT2D eigenvalue weighted by molar-refractivity contribution is -0.136. The number of urea groups is 1. The summed E-state index contributed by atoms with van der Waals surface area (Å²) >= 11 is 0. The van der Waals surface area contributed by atoms with Crippen molar-refractivity contribution in [3.8, 4) is 0 Å². The number of likely N-dealkylation sites (tertiary alicyclic amines) is 2. The van der Waals surface area contributed by atoms with E-state index in [0.29, 0.717) is 51.7 Å². The third-order valence-electron chi connectivity index (χ3n) is 7.34. The van der Waals surface area contributed by atoms with Crippen LogP contribution in [0.3, 0.4) is 0 Å². The fraction of sp³-hybridized carbons (Fsp3) is 0.667. The van der Waals surface area contributed by atoms with E-state index in [1.165, 1.54) is 4.90 Å². The van der Waals surface area contributed by atoms with Crippen LogP contribution in [0, 0.1) is 0 Å². The number of pyridine rings is 1. The zero-order valence-electron chi connectivity index (χ0n) is 20.1. The number of carbonyl (C=O) groups is 3. The lowest BCUT2D eigenvalue weighted by atomic mass is 9.84. The third-order valence-corrected chi connectivity index (χ3v) is 7.34. The quantitative estimate of drug-likeness (QED) is 0.559. The normalized spacial score (nSPS) is 21.5. The topological polar surface area (TPSA) is 95.5 Å². The first-order valence-electron chi connectivity index (χ1n) is 12.2. The van der Waals surface area contributed by atoms with Gasteiger partial charge >= 0.3 is 12.1 Å². The Labute approximate surface area is 200 Å². The first-order valence-corrected chi connectivity index (χ1v) is 12.2. The second-order valence-corrected chi connectivity index (χ2v) is 9.16. The summed E-state index contributed by atoms with van der Waals surface area (Å²) in [6.07, 6.45) is 6.10. The second kappa shape index (κ2) is 10.7. The maximum absolute atomic E-state index is 13.7. The number of hydrogen-bond acceptors (Lipinski definition) is 7. The molecule has 186 valence electrons. The number of carbonyl (C=O) groups excluding carboxylic acids is 3. The lowest BCUT2D eigenvalue weighted by Crippen LogP contribution is -2.59. The van der Waals surface area contributed by atoms with Gasteiger partial charge in [0.2, 0.25) is 0 Å². The highest BCUT2D eigenvalue weighted by molar-refractivity contribution is 6.07. The fourth-order valence-electron chi connectivity index (χ4n) is 5.46. The molecule has 10 heteroatoms. The molecule has 3 aliphatic rings. The molecule has 3 saturated heterocycles. The molecule has 3 fully saturated rings. The molecule has 4 heterocycles. The van der Waals surface area contributed by atoms with Gasteiger partial charge in [-0.05, 0) is 44.2 Å². The Bertz CT molecular complexity index is 866. The average molecular weight is 474 g/mol. The third kappa shape index (κ3) is 4.74. The Hall–Kier alpha value is -2.72. The predicted octanol–water partition coefficient (Wildman–Crippen LogP) is 1.95. The van der Waals surface area contributed by atoms with E-state index < -0.39 is 5.54 Å². The van der Waals surface area contributed by atoms with Gasteiger partial charge < -0.3 is 24.2 Å². The zero-order chi connectivity index (χ0) is 24.1. The Kier molecular flexibility index (Phi) is 7.67. The van der Waals surface area contributed by atoms with Crippen LogP contribution in [-0.4, -0.2) is 107 Å². The molecule has 0 bridgehead atoms. The predicted molar refractivity (Wildman–Crippen MR) is 124 cm³/mol. The molecule has 34 heavy (non-hydrogen) atoms. The molecule has 0 radical (unpaired) electrons. The molecular weight excluding hydrogens is 438 g/mol. The van der Waals surface area contributed by atoms with Crippen LogP contribution in [0.2, 0.25) is 0 Å². The van der Waals surface area contributed by atoms with Crippen LogP contribution in [0.15, 0.2) is 24.5 Å². The fourth-order valence-corrected chi connectivity index (χ4v) is 5.46. The Morgan fingerprint density at radius 2 is 1.91 bits per heavy atom. The Morgan fingerprint density at radius 1 is 1.18 bits per heavy atom. The van der Waals surface area contributed by atoms with Crippen molar-refractivity contribution in [2.75, 3.05) is 53.0 Å². The van der Waals surface area contributed by atoms with Crippen LogP contribution < -0.4 is 0 Å². The van der Waals surface area contributed by atoms with Crippen LogP contribution in [0.1, 0.15) is 38.2 Å². The number of nitrogens with zero attached hydrogens (tertiary/aromatic N) is 5. The van der Waals surface area contributed by atoms with E-state index in [9.17, 15) is 14.4 Å². The molecule has 1 spiro atoms. The summed E-state index contributed by atoms with van der Waals surface area (Å²) in [7, 11) is 1.60. The summed E-state index contributed by atoms with van der Waals surface area (Å²) in [5.41, 5.74) is 0.0127. The van der Waals surface area contributed by atoms with Crippen LogP contribution in [0.5, 0.6) is 0 Å². The number of imide groups is 1. The zero-order valence-corrected chi connectivity index (χ0v) is 20.1. The molecule has 0 aromatic carbocycles. The minimum Gasteiger partial charge on any atom is -0.450 e. The number of hydrogen-bond donors (Lipinski definition) is 0. The van der Waals surface area contributed by atoms with Crippen molar-refractivity contribution in [3.05, 3.63) is 30.1 Å². The van der Waals surface area contributed by atoms with E-state index in [4.69, 9.17) is 9.47 Å². The first kappa shape index (κ1) is 24.4. The maximum atomic E-state index is 13.7. The van der Waals surface area contributed by atoms with Gasteiger partial charge in [-0.2, -0.15) is 0 Å². The molecule has 4 amide bonds. The van der Waals surface area contributed by atoms with E-state index in [1.54, 1.807) is 29.3 Å². The van der Waals surface area contributed by atoms with Crippen LogP contribution in [-0.2, 0) is 20.8 Å². The molecule has 1 aromatic heterocycles. The first-order chi connectivity index (χ1) is 16.5. The van der Waals surface area contributed by atoms with Gasteiger partial charge in [0.05, 0.1) is 19.8 Å². The molecule has 0 aliphatic carbocycles. The molecule has 0 N–H and O–H groups in total. The number of methoxy groups -OCH3 is 1. The SMILES string of the molecule is CCOC(=O)N1CCC(N2CCC3(CC2)C(=O)N(Cc2cccnc2)C(=O)N3CCOC)CC1. The van der Waals surface area contributed by atoms with Gasteiger partial charge in [-0.15, -0.1) is 0 Å². The molecule has 0 atom stereocenters. The summed E-state index contributed by atoms with van der Waals surface area (Å²) in [6, 6.07) is 3.81. The van der Waals surface area contributed by atoms with E-state index in [2.05, 4.69) is 9.88 Å². The van der Waals surface area contributed by atoms with Crippen molar-refractivity contribution in [2.24, 2.45) is 0 Å². The van der Waals surface area contributed by atoms with Gasteiger partial charge in [0.25, 0.3) is 5.91 Å². The summed E-state index contributed by atoms with van der Waals surface area (Å²) < 4.78 is 10.4. The average Bonchev–Trinajstić information content (AvgIpc) is 3.05. The highest BCUT2D eigenvalue weighted by atomic mass is 16.6. The molecule has 0 unspecified atom stereocenters. The second-order valence-electron chi connectivity index (χ2n) is 9.16. The number of amides is 4. The summed E-state index contributed by atoms with van der Waals surface area (Å²) in [4.78, 5) is 50.4. The van der Waals surface area contributed by atoms with Gasteiger partial charge in [0.1, 0.15) is 5.54 Å². The number of piperidine rings is 2. The minimum atomic E-state index is -0.819. The highest BCUT2D eigenvalue weighted by Crippen LogP contribution is 2.39. The van der Waals surface area contributed by atoms with Crippen LogP contribution >= 0.6 is 0 Å². The summed E-state index contributed by atoms with van der Waals surface area (Å²) in [6.45, 7) is 6.06. The van der Waals surface area contributed by atoms with Gasteiger partial charge in [0.15, 0.2) is 0 Å². The van der Waals surface area contributed by atoms with Crippen molar-refractivity contribution in [1.82, 2.24) is 24.6 Å². The van der Waals surface area contributed by atoms with E-state index >= 15 is 0 Å². The minimum absolute atomic E-state index is 0.116. The lowest BCUT2D eigenvalue weighted by Gasteiger charge is -2.46. The van der Waals surface area contributed by atoms with E-state index in [-0.39, 0.29) is 24.6 Å². The molecule has 1 aromatic rings. The van der Waals surface area contributed by atoms with Crippen molar-refractivity contribution >= 4 is 18.0 Å². The van der Waals surface area contributed by atoms with E-state index in [1.807, 2.05) is 19.1 Å². The van der Waals surface area contributed by atoms with Crippen LogP contribution in [0.4, 0.5) is 9.59 Å². The van der Waals surface area contributed by atoms with Crippen LogP contribution in [0.25, 0.3) is 0 Å². The molecule has 3 aliphatic heterocycles. The Balaban J connectivity index is 1.42. The Morgan fingerprint density at radius 3 is 2.53 bits per heavy atom. The van der Waals surface area contributed by atoms with Crippen molar-refractivity contribution in [2.45, 2.75) is 50.7 Å². The molecule has 0 saturated carbocycles. The van der Waals surface area contributed by atoms with E-state index in [0.717, 1.165) is 31.5 Å². The van der Waals surface area contributed by atoms with Gasteiger partial charge in [-0.1, -0.05) is 6.07 Å².